The van der Waals surface area contributed by atoms with Crippen LogP contribution >= 0.6 is 0 Å². The molecule has 18 heavy (non-hydrogen) atoms. The number of carbonyl (C=O) groups is 1. The average Bonchev–Trinajstić information content (AvgIpc) is 2.35. The number of unbranched alkanes of at least 4 members (excludes halogenated alkanes) is 1. The van der Waals surface area contributed by atoms with Gasteiger partial charge in [0.15, 0.2) is 0 Å². The summed E-state index contributed by atoms with van der Waals surface area (Å²) in [5, 5.41) is 9.11. The predicted octanol–water partition coefficient (Wildman–Crippen LogP) is 2.97. The number of anilines is 1. The Morgan fingerprint density at radius 3 is 2.61 bits per heavy atom. The summed E-state index contributed by atoms with van der Waals surface area (Å²) >= 11 is 0. The van der Waals surface area contributed by atoms with Crippen LogP contribution in [-0.4, -0.2) is 29.7 Å². The van der Waals surface area contributed by atoms with E-state index in [1.165, 1.54) is 0 Å². The van der Waals surface area contributed by atoms with Crippen molar-refractivity contribution in [3.8, 4) is 0 Å². The SMILES string of the molecule is CCCCN(C)c1cc(C(=O)O)cc(CCC)n1. The molecule has 1 N–H and O–H groups in total. The molecular weight excluding hydrogens is 228 g/mol. The summed E-state index contributed by atoms with van der Waals surface area (Å²) in [4.78, 5) is 17.6. The van der Waals surface area contributed by atoms with Crippen molar-refractivity contribution in [3.05, 3.63) is 23.4 Å². The van der Waals surface area contributed by atoms with E-state index < -0.39 is 5.97 Å². The molecule has 4 nitrogen and oxygen atoms in total. The number of carboxylic acids is 1. The maximum Gasteiger partial charge on any atom is 0.335 e. The summed E-state index contributed by atoms with van der Waals surface area (Å²) in [5.74, 6) is -0.133. The summed E-state index contributed by atoms with van der Waals surface area (Å²) < 4.78 is 0. The largest absolute Gasteiger partial charge is 0.478 e. The fraction of sp³-hybridized carbons (Fsp3) is 0.571. The van der Waals surface area contributed by atoms with E-state index in [1.54, 1.807) is 12.1 Å². The molecular formula is C14H22N2O2. The van der Waals surface area contributed by atoms with Crippen LogP contribution in [0.5, 0.6) is 0 Å². The number of rotatable bonds is 7. The van der Waals surface area contributed by atoms with Crippen LogP contribution in [-0.2, 0) is 6.42 Å². The molecule has 0 saturated carbocycles. The molecule has 0 atom stereocenters. The Bertz CT molecular complexity index is 405. The van der Waals surface area contributed by atoms with Gasteiger partial charge in [0.05, 0.1) is 5.56 Å². The van der Waals surface area contributed by atoms with Crippen LogP contribution in [0.4, 0.5) is 5.82 Å². The molecule has 1 rings (SSSR count). The van der Waals surface area contributed by atoms with E-state index >= 15 is 0 Å². The Hall–Kier alpha value is -1.58. The highest BCUT2D eigenvalue weighted by atomic mass is 16.4. The lowest BCUT2D eigenvalue weighted by Gasteiger charge is -2.19. The molecule has 0 aliphatic heterocycles. The molecule has 0 bridgehead atoms. The summed E-state index contributed by atoms with van der Waals surface area (Å²) in [6.07, 6.45) is 3.98. The molecule has 1 aromatic heterocycles. The smallest absolute Gasteiger partial charge is 0.335 e. The number of aryl methyl sites for hydroxylation is 1. The molecule has 0 fully saturated rings. The van der Waals surface area contributed by atoms with Crippen molar-refractivity contribution in [1.29, 1.82) is 0 Å². The van der Waals surface area contributed by atoms with Crippen LogP contribution in [0.3, 0.4) is 0 Å². The van der Waals surface area contributed by atoms with Gasteiger partial charge in [0.2, 0.25) is 0 Å². The molecule has 0 aliphatic carbocycles. The second kappa shape index (κ2) is 6.99. The van der Waals surface area contributed by atoms with Crippen LogP contribution < -0.4 is 4.90 Å². The third-order valence-electron chi connectivity index (χ3n) is 2.86. The maximum absolute atomic E-state index is 11.1. The molecule has 0 radical (unpaired) electrons. The van der Waals surface area contributed by atoms with Crippen molar-refractivity contribution in [2.75, 3.05) is 18.5 Å². The number of nitrogens with zero attached hydrogens (tertiary/aromatic N) is 2. The van der Waals surface area contributed by atoms with Gasteiger partial charge < -0.3 is 10.0 Å². The lowest BCUT2D eigenvalue weighted by atomic mass is 10.1. The minimum absolute atomic E-state index is 0.326. The lowest BCUT2D eigenvalue weighted by Crippen LogP contribution is -2.20. The predicted molar refractivity (Wildman–Crippen MR) is 73.4 cm³/mol. The molecule has 0 aliphatic rings. The van der Waals surface area contributed by atoms with Gasteiger partial charge in [0, 0.05) is 19.3 Å². The van der Waals surface area contributed by atoms with E-state index in [2.05, 4.69) is 18.8 Å². The summed E-state index contributed by atoms with van der Waals surface area (Å²) in [5.41, 5.74) is 1.18. The van der Waals surface area contributed by atoms with Crippen molar-refractivity contribution in [1.82, 2.24) is 4.98 Å². The van der Waals surface area contributed by atoms with Gasteiger partial charge in [-0.1, -0.05) is 26.7 Å². The highest BCUT2D eigenvalue weighted by molar-refractivity contribution is 5.88. The first-order valence-corrected chi connectivity index (χ1v) is 6.53. The zero-order chi connectivity index (χ0) is 13.5. The van der Waals surface area contributed by atoms with E-state index in [4.69, 9.17) is 5.11 Å². The average molecular weight is 250 g/mol. The third-order valence-corrected chi connectivity index (χ3v) is 2.86. The first kappa shape index (κ1) is 14.5. The Labute approximate surface area is 109 Å². The van der Waals surface area contributed by atoms with Crippen molar-refractivity contribution >= 4 is 11.8 Å². The lowest BCUT2D eigenvalue weighted by molar-refractivity contribution is 0.0696. The number of hydrogen-bond acceptors (Lipinski definition) is 3. The van der Waals surface area contributed by atoms with Crippen LogP contribution in [0.15, 0.2) is 12.1 Å². The van der Waals surface area contributed by atoms with Gasteiger partial charge in [-0.05, 0) is 25.0 Å². The molecule has 0 amide bonds. The van der Waals surface area contributed by atoms with Gasteiger partial charge in [0.25, 0.3) is 0 Å². The minimum Gasteiger partial charge on any atom is -0.478 e. The monoisotopic (exact) mass is 250 g/mol. The first-order chi connectivity index (χ1) is 8.58. The molecule has 0 unspecified atom stereocenters. The summed E-state index contributed by atoms with van der Waals surface area (Å²) in [7, 11) is 1.96. The third kappa shape index (κ3) is 4.02. The van der Waals surface area contributed by atoms with Crippen molar-refractivity contribution in [3.63, 3.8) is 0 Å². The van der Waals surface area contributed by atoms with E-state index in [-0.39, 0.29) is 0 Å². The van der Waals surface area contributed by atoms with Gasteiger partial charge in [-0.2, -0.15) is 0 Å². The second-order valence-corrected chi connectivity index (χ2v) is 4.54. The van der Waals surface area contributed by atoms with E-state index in [0.717, 1.165) is 43.7 Å². The first-order valence-electron chi connectivity index (χ1n) is 6.53. The highest BCUT2D eigenvalue weighted by Crippen LogP contribution is 2.16. The van der Waals surface area contributed by atoms with Gasteiger partial charge in [-0.15, -0.1) is 0 Å². The van der Waals surface area contributed by atoms with Crippen LogP contribution in [0.1, 0.15) is 49.2 Å². The Balaban J connectivity index is 2.98. The molecule has 1 aromatic rings. The fourth-order valence-corrected chi connectivity index (χ4v) is 1.79. The number of aromatic carboxylic acids is 1. The Morgan fingerprint density at radius 2 is 2.06 bits per heavy atom. The normalized spacial score (nSPS) is 10.4. The number of hydrogen-bond donors (Lipinski definition) is 1. The molecule has 100 valence electrons. The topological polar surface area (TPSA) is 53.4 Å². The van der Waals surface area contributed by atoms with Crippen LogP contribution in [0.25, 0.3) is 0 Å². The summed E-state index contributed by atoms with van der Waals surface area (Å²) in [6, 6.07) is 3.32. The van der Waals surface area contributed by atoms with Crippen molar-refractivity contribution in [2.24, 2.45) is 0 Å². The van der Waals surface area contributed by atoms with Gasteiger partial charge >= 0.3 is 5.97 Å². The number of pyridine rings is 1. The molecule has 0 spiro atoms. The van der Waals surface area contributed by atoms with Crippen LogP contribution in [0.2, 0.25) is 0 Å². The van der Waals surface area contributed by atoms with Crippen LogP contribution in [0, 0.1) is 0 Å². The Kier molecular flexibility index (Phi) is 5.62. The van der Waals surface area contributed by atoms with Gasteiger partial charge in [-0.25, -0.2) is 9.78 Å². The molecule has 4 heteroatoms. The summed E-state index contributed by atoms with van der Waals surface area (Å²) in [6.45, 7) is 5.10. The van der Waals surface area contributed by atoms with E-state index in [1.807, 2.05) is 11.9 Å². The van der Waals surface area contributed by atoms with Crippen molar-refractivity contribution < 1.29 is 9.90 Å². The maximum atomic E-state index is 11.1. The van der Waals surface area contributed by atoms with E-state index in [9.17, 15) is 4.79 Å². The van der Waals surface area contributed by atoms with E-state index in [0.29, 0.717) is 5.56 Å². The standard InChI is InChI=1S/C14H22N2O2/c1-4-6-8-16(3)13-10-11(14(17)18)9-12(15-13)7-5-2/h9-10H,4-8H2,1-3H3,(H,17,18). The highest BCUT2D eigenvalue weighted by Gasteiger charge is 2.10. The van der Waals surface area contributed by atoms with Gasteiger partial charge in [0.1, 0.15) is 5.82 Å². The zero-order valence-electron chi connectivity index (χ0n) is 11.4. The zero-order valence-corrected chi connectivity index (χ0v) is 11.4. The number of aromatic nitrogens is 1. The molecule has 1 heterocycles. The number of carboxylic acid groups (broad SMARTS) is 1. The fourth-order valence-electron chi connectivity index (χ4n) is 1.79. The second-order valence-electron chi connectivity index (χ2n) is 4.54. The molecule has 0 aromatic carbocycles. The quantitative estimate of drug-likeness (QED) is 0.808. The van der Waals surface area contributed by atoms with Crippen molar-refractivity contribution in [2.45, 2.75) is 39.5 Å². The minimum atomic E-state index is -0.889. The molecule has 0 saturated heterocycles. The van der Waals surface area contributed by atoms with Gasteiger partial charge in [-0.3, -0.25) is 0 Å². The Morgan fingerprint density at radius 1 is 1.33 bits per heavy atom.